The molecule has 0 aliphatic carbocycles. The Labute approximate surface area is 54.2 Å². The second-order valence-corrected chi connectivity index (χ2v) is 1.71. The molecule has 4 nitrogen and oxygen atoms in total. The van der Waals surface area contributed by atoms with Gasteiger partial charge in [0.05, 0.1) is 7.11 Å². The van der Waals surface area contributed by atoms with Crippen LogP contribution in [0.2, 0.25) is 0 Å². The molecule has 0 aliphatic heterocycles. The molecular weight excluding hydrogens is 120 g/mol. The second-order valence-electron chi connectivity index (χ2n) is 1.71. The number of methoxy groups -OCH3 is 1. The molecule has 0 aromatic heterocycles. The van der Waals surface area contributed by atoms with E-state index in [0.29, 0.717) is 13.0 Å². The number of carbonyl (C=O) groups excluding carboxylic acids is 1. The van der Waals surface area contributed by atoms with Crippen molar-refractivity contribution in [3.05, 3.63) is 0 Å². The van der Waals surface area contributed by atoms with Crippen LogP contribution in [-0.2, 0) is 9.53 Å². The molecule has 4 heteroatoms. The number of rotatable bonds is 3. The third kappa shape index (κ3) is 3.05. The van der Waals surface area contributed by atoms with Gasteiger partial charge in [-0.25, -0.2) is 0 Å². The van der Waals surface area contributed by atoms with E-state index in [1.54, 1.807) is 0 Å². The molecule has 0 spiro atoms. The Morgan fingerprint density at radius 2 is 2.33 bits per heavy atom. The minimum Gasteiger partial charge on any atom is -0.468 e. The van der Waals surface area contributed by atoms with Crippen LogP contribution in [0.4, 0.5) is 0 Å². The molecular formula is C5H12N2O2. The van der Waals surface area contributed by atoms with Gasteiger partial charge in [-0.15, -0.1) is 0 Å². The molecule has 0 rings (SSSR count). The van der Waals surface area contributed by atoms with Crippen LogP contribution in [0.1, 0.15) is 6.42 Å². The highest BCUT2D eigenvalue weighted by Crippen LogP contribution is 1.86. The van der Waals surface area contributed by atoms with E-state index in [2.05, 4.69) is 4.74 Å². The molecule has 0 saturated carbocycles. The fraction of sp³-hybridized carbons (Fsp3) is 0.800. The first-order chi connectivity index (χ1) is 4.22. The van der Waals surface area contributed by atoms with Crippen LogP contribution < -0.4 is 11.5 Å². The molecule has 0 bridgehead atoms. The number of ether oxygens (including phenoxy) is 1. The predicted octanol–water partition coefficient (Wildman–Crippen LogP) is -1.16. The molecule has 0 fully saturated rings. The van der Waals surface area contributed by atoms with Gasteiger partial charge in [-0.1, -0.05) is 0 Å². The van der Waals surface area contributed by atoms with Gasteiger partial charge in [0.25, 0.3) is 0 Å². The maximum atomic E-state index is 10.5. The van der Waals surface area contributed by atoms with E-state index in [0.717, 1.165) is 0 Å². The smallest absolute Gasteiger partial charge is 0.322 e. The fourth-order valence-corrected chi connectivity index (χ4v) is 0.449. The molecule has 1 atom stereocenters. The van der Waals surface area contributed by atoms with Gasteiger partial charge in [-0.2, -0.15) is 0 Å². The SMILES string of the molecule is COC(=O)[C@@H](N)CCN. The zero-order valence-corrected chi connectivity index (χ0v) is 5.46. The van der Waals surface area contributed by atoms with Gasteiger partial charge >= 0.3 is 5.97 Å². The van der Waals surface area contributed by atoms with Crippen molar-refractivity contribution < 1.29 is 9.53 Å². The monoisotopic (exact) mass is 132 g/mol. The van der Waals surface area contributed by atoms with Gasteiger partial charge in [0.1, 0.15) is 6.04 Å². The lowest BCUT2D eigenvalue weighted by molar-refractivity contribution is -0.142. The van der Waals surface area contributed by atoms with Crippen molar-refractivity contribution in [1.82, 2.24) is 0 Å². The molecule has 0 aromatic rings. The Balaban J connectivity index is 3.45. The summed E-state index contributed by atoms with van der Waals surface area (Å²) in [4.78, 5) is 10.5. The van der Waals surface area contributed by atoms with Crippen molar-refractivity contribution in [1.29, 1.82) is 0 Å². The van der Waals surface area contributed by atoms with Crippen molar-refractivity contribution in [3.8, 4) is 0 Å². The van der Waals surface area contributed by atoms with E-state index in [-0.39, 0.29) is 0 Å². The molecule has 54 valence electrons. The number of hydrogen-bond donors (Lipinski definition) is 2. The van der Waals surface area contributed by atoms with Crippen LogP contribution in [0.15, 0.2) is 0 Å². The van der Waals surface area contributed by atoms with E-state index >= 15 is 0 Å². The highest BCUT2D eigenvalue weighted by atomic mass is 16.5. The van der Waals surface area contributed by atoms with E-state index in [1.807, 2.05) is 0 Å². The topological polar surface area (TPSA) is 78.3 Å². The van der Waals surface area contributed by atoms with Crippen LogP contribution in [0.25, 0.3) is 0 Å². The quantitative estimate of drug-likeness (QED) is 0.474. The lowest BCUT2D eigenvalue weighted by Gasteiger charge is -2.05. The van der Waals surface area contributed by atoms with Gasteiger partial charge in [0, 0.05) is 0 Å². The summed E-state index contributed by atoms with van der Waals surface area (Å²) in [7, 11) is 1.30. The number of esters is 1. The van der Waals surface area contributed by atoms with Crippen molar-refractivity contribution in [3.63, 3.8) is 0 Å². The van der Waals surface area contributed by atoms with Gasteiger partial charge < -0.3 is 16.2 Å². The summed E-state index contributed by atoms with van der Waals surface area (Å²) in [6.07, 6.45) is 0.479. The van der Waals surface area contributed by atoms with E-state index < -0.39 is 12.0 Å². The Kier molecular flexibility index (Phi) is 4.00. The van der Waals surface area contributed by atoms with Gasteiger partial charge in [-0.05, 0) is 13.0 Å². The van der Waals surface area contributed by atoms with Crippen LogP contribution in [0.5, 0.6) is 0 Å². The maximum Gasteiger partial charge on any atom is 0.322 e. The molecule has 9 heavy (non-hydrogen) atoms. The van der Waals surface area contributed by atoms with Crippen LogP contribution in [0, 0.1) is 0 Å². The number of hydrogen-bond acceptors (Lipinski definition) is 4. The molecule has 0 saturated heterocycles. The second kappa shape index (κ2) is 4.29. The molecule has 0 aromatic carbocycles. The normalized spacial score (nSPS) is 12.8. The summed E-state index contributed by atoms with van der Waals surface area (Å²) < 4.78 is 4.35. The molecule has 0 unspecified atom stereocenters. The molecule has 0 heterocycles. The zero-order chi connectivity index (χ0) is 7.28. The molecule has 0 amide bonds. The summed E-state index contributed by atoms with van der Waals surface area (Å²) in [5.74, 6) is -0.402. The third-order valence-electron chi connectivity index (χ3n) is 0.982. The molecule has 0 aliphatic rings. The minimum absolute atomic E-state index is 0.402. The fourth-order valence-electron chi connectivity index (χ4n) is 0.449. The Bertz CT molecular complexity index is 95.0. The van der Waals surface area contributed by atoms with Crippen molar-refractivity contribution in [2.24, 2.45) is 11.5 Å². The third-order valence-corrected chi connectivity index (χ3v) is 0.982. The van der Waals surface area contributed by atoms with Crippen molar-refractivity contribution >= 4 is 5.97 Å². The van der Waals surface area contributed by atoms with Crippen LogP contribution in [-0.4, -0.2) is 25.7 Å². The first kappa shape index (κ1) is 8.39. The van der Waals surface area contributed by atoms with E-state index in [4.69, 9.17) is 11.5 Å². The first-order valence-electron chi connectivity index (χ1n) is 2.76. The van der Waals surface area contributed by atoms with Gasteiger partial charge in [0.2, 0.25) is 0 Å². The summed E-state index contributed by atoms with van der Waals surface area (Å²) in [6, 6.07) is -0.556. The number of nitrogens with two attached hydrogens (primary N) is 2. The Morgan fingerprint density at radius 1 is 1.78 bits per heavy atom. The summed E-state index contributed by atoms with van der Waals surface area (Å²) in [6.45, 7) is 0.413. The largest absolute Gasteiger partial charge is 0.468 e. The highest BCUT2D eigenvalue weighted by molar-refractivity contribution is 5.75. The summed E-state index contributed by atoms with van der Waals surface area (Å²) in [5, 5.41) is 0. The maximum absolute atomic E-state index is 10.5. The van der Waals surface area contributed by atoms with Crippen molar-refractivity contribution in [2.45, 2.75) is 12.5 Å². The standard InChI is InChI=1S/C5H12N2O2/c1-9-5(8)4(7)2-3-6/h4H,2-3,6-7H2,1H3/t4-/m0/s1. The lowest BCUT2D eigenvalue weighted by Crippen LogP contribution is -2.33. The van der Waals surface area contributed by atoms with Crippen LogP contribution in [0.3, 0.4) is 0 Å². The summed E-state index contributed by atoms with van der Waals surface area (Å²) >= 11 is 0. The van der Waals surface area contributed by atoms with Crippen molar-refractivity contribution in [2.75, 3.05) is 13.7 Å². The molecule has 4 N–H and O–H groups in total. The highest BCUT2D eigenvalue weighted by Gasteiger charge is 2.10. The molecule has 0 radical (unpaired) electrons. The van der Waals surface area contributed by atoms with Crippen LogP contribution >= 0.6 is 0 Å². The Hall–Kier alpha value is -0.610. The first-order valence-corrected chi connectivity index (χ1v) is 2.76. The van der Waals surface area contributed by atoms with Gasteiger partial charge in [0.15, 0.2) is 0 Å². The average Bonchev–Trinajstić information content (AvgIpc) is 1.87. The minimum atomic E-state index is -0.556. The predicted molar refractivity (Wildman–Crippen MR) is 33.7 cm³/mol. The van der Waals surface area contributed by atoms with E-state index in [1.165, 1.54) is 7.11 Å². The van der Waals surface area contributed by atoms with E-state index in [9.17, 15) is 4.79 Å². The average molecular weight is 132 g/mol. The Morgan fingerprint density at radius 3 is 2.67 bits per heavy atom. The lowest BCUT2D eigenvalue weighted by atomic mass is 10.2. The van der Waals surface area contributed by atoms with Gasteiger partial charge in [-0.3, -0.25) is 4.79 Å². The number of carbonyl (C=O) groups is 1. The summed E-state index contributed by atoms with van der Waals surface area (Å²) in [5.41, 5.74) is 10.4. The zero-order valence-electron chi connectivity index (χ0n) is 5.46.